The Morgan fingerprint density at radius 1 is 0.762 bits per heavy atom. The first-order valence-corrected chi connectivity index (χ1v) is 7.70. The Balaban J connectivity index is 2.09. The van der Waals surface area contributed by atoms with Gasteiger partial charge in [0, 0.05) is 5.41 Å². The van der Waals surface area contributed by atoms with Gasteiger partial charge in [-0.25, -0.2) is 0 Å². The van der Waals surface area contributed by atoms with Gasteiger partial charge in [-0.1, -0.05) is 44.0 Å². The zero-order valence-electron chi connectivity index (χ0n) is 12.4. The van der Waals surface area contributed by atoms with E-state index in [0.29, 0.717) is 17.4 Å². The van der Waals surface area contributed by atoms with Crippen molar-refractivity contribution >= 4 is 0 Å². The van der Waals surface area contributed by atoms with E-state index in [1.807, 2.05) is 24.3 Å². The fraction of sp³-hybridized carbons (Fsp3) is 0.368. The van der Waals surface area contributed by atoms with Crippen molar-refractivity contribution in [1.29, 1.82) is 0 Å². The number of phenolic OH excluding ortho intramolecular Hbond substituents is 2. The summed E-state index contributed by atoms with van der Waals surface area (Å²) in [6.07, 6.45) is 5.04. The highest BCUT2D eigenvalue weighted by Crippen LogP contribution is 2.47. The Morgan fingerprint density at radius 2 is 1.14 bits per heavy atom. The summed E-state index contributed by atoms with van der Waals surface area (Å²) in [7, 11) is 0. The Bertz CT molecular complexity index is 547. The fourth-order valence-corrected chi connectivity index (χ4v) is 3.76. The summed E-state index contributed by atoms with van der Waals surface area (Å²) in [5, 5.41) is 19.1. The Labute approximate surface area is 126 Å². The van der Waals surface area contributed by atoms with Crippen LogP contribution in [-0.2, 0) is 5.41 Å². The molecule has 3 rings (SSSR count). The predicted molar refractivity (Wildman–Crippen MR) is 84.6 cm³/mol. The van der Waals surface area contributed by atoms with Crippen LogP contribution in [0.25, 0.3) is 0 Å². The SMILES string of the molecule is CC(c1ccc(O)cc1)(c1ccc(O)cc1)C1CCCC1. The summed E-state index contributed by atoms with van der Waals surface area (Å²) in [5.74, 6) is 1.21. The molecule has 0 heterocycles. The van der Waals surface area contributed by atoms with Gasteiger partial charge >= 0.3 is 0 Å². The molecule has 0 unspecified atom stereocenters. The van der Waals surface area contributed by atoms with Crippen molar-refractivity contribution in [3.8, 4) is 11.5 Å². The number of phenols is 2. The number of rotatable bonds is 3. The van der Waals surface area contributed by atoms with Crippen molar-refractivity contribution in [1.82, 2.24) is 0 Å². The van der Waals surface area contributed by atoms with E-state index in [1.54, 1.807) is 24.3 Å². The molecule has 0 aromatic heterocycles. The summed E-state index contributed by atoms with van der Waals surface area (Å²) < 4.78 is 0. The zero-order chi connectivity index (χ0) is 14.9. The van der Waals surface area contributed by atoms with Gasteiger partial charge in [0.2, 0.25) is 0 Å². The predicted octanol–water partition coefficient (Wildman–Crippen LogP) is 4.59. The molecule has 0 aliphatic heterocycles. The van der Waals surface area contributed by atoms with E-state index in [9.17, 15) is 10.2 Å². The van der Waals surface area contributed by atoms with Crippen LogP contribution in [0.3, 0.4) is 0 Å². The minimum absolute atomic E-state index is 0.0715. The van der Waals surface area contributed by atoms with Crippen molar-refractivity contribution in [2.45, 2.75) is 38.0 Å². The normalized spacial score (nSPS) is 16.2. The number of aromatic hydroxyl groups is 2. The first-order valence-electron chi connectivity index (χ1n) is 7.70. The van der Waals surface area contributed by atoms with Crippen molar-refractivity contribution in [2.75, 3.05) is 0 Å². The third kappa shape index (κ3) is 2.51. The highest BCUT2D eigenvalue weighted by atomic mass is 16.3. The summed E-state index contributed by atoms with van der Waals surface area (Å²) in [4.78, 5) is 0. The maximum Gasteiger partial charge on any atom is 0.115 e. The largest absolute Gasteiger partial charge is 0.508 e. The molecule has 0 spiro atoms. The van der Waals surface area contributed by atoms with Gasteiger partial charge in [-0.2, -0.15) is 0 Å². The highest BCUT2D eigenvalue weighted by molar-refractivity contribution is 5.43. The van der Waals surface area contributed by atoms with Gasteiger partial charge in [-0.3, -0.25) is 0 Å². The standard InChI is InChI=1S/C19H22O2/c1-19(14-4-2-3-5-14,15-6-10-17(20)11-7-15)16-8-12-18(21)13-9-16/h6-14,20-21H,2-5H2,1H3. The van der Waals surface area contributed by atoms with Gasteiger partial charge in [0.25, 0.3) is 0 Å². The molecule has 2 aromatic rings. The van der Waals surface area contributed by atoms with Crippen LogP contribution in [-0.4, -0.2) is 10.2 Å². The van der Waals surface area contributed by atoms with Crippen LogP contribution in [0.15, 0.2) is 48.5 Å². The number of hydrogen-bond acceptors (Lipinski definition) is 2. The van der Waals surface area contributed by atoms with Crippen LogP contribution in [0.2, 0.25) is 0 Å². The first kappa shape index (κ1) is 14.0. The molecule has 0 bridgehead atoms. The molecule has 0 atom stereocenters. The Hall–Kier alpha value is -1.96. The second kappa shape index (κ2) is 5.44. The molecule has 2 nitrogen and oxygen atoms in total. The van der Waals surface area contributed by atoms with E-state index < -0.39 is 0 Å². The Morgan fingerprint density at radius 3 is 1.52 bits per heavy atom. The summed E-state index contributed by atoms with van der Waals surface area (Å²) in [5.41, 5.74) is 2.40. The molecule has 2 N–H and O–H groups in total. The van der Waals surface area contributed by atoms with Crippen LogP contribution in [0.1, 0.15) is 43.7 Å². The van der Waals surface area contributed by atoms with Gasteiger partial charge in [-0.05, 0) is 54.2 Å². The van der Waals surface area contributed by atoms with E-state index in [0.717, 1.165) is 0 Å². The van der Waals surface area contributed by atoms with Crippen molar-refractivity contribution < 1.29 is 10.2 Å². The van der Waals surface area contributed by atoms with Crippen molar-refractivity contribution in [2.24, 2.45) is 5.92 Å². The molecule has 0 saturated heterocycles. The highest BCUT2D eigenvalue weighted by Gasteiger charge is 2.38. The monoisotopic (exact) mass is 282 g/mol. The lowest BCUT2D eigenvalue weighted by Crippen LogP contribution is -2.31. The second-order valence-corrected chi connectivity index (χ2v) is 6.28. The first-order chi connectivity index (χ1) is 10.1. The number of hydrogen-bond donors (Lipinski definition) is 2. The molecule has 1 fully saturated rings. The smallest absolute Gasteiger partial charge is 0.115 e. The van der Waals surface area contributed by atoms with E-state index in [-0.39, 0.29) is 5.41 Å². The lowest BCUT2D eigenvalue weighted by Gasteiger charge is -2.37. The van der Waals surface area contributed by atoms with Gasteiger partial charge in [0.05, 0.1) is 0 Å². The maximum absolute atomic E-state index is 9.56. The average molecular weight is 282 g/mol. The van der Waals surface area contributed by atoms with Crippen LogP contribution < -0.4 is 0 Å². The maximum atomic E-state index is 9.56. The van der Waals surface area contributed by atoms with E-state index in [2.05, 4.69) is 6.92 Å². The molecule has 0 amide bonds. The van der Waals surface area contributed by atoms with E-state index >= 15 is 0 Å². The molecule has 0 radical (unpaired) electrons. The van der Waals surface area contributed by atoms with E-state index in [1.165, 1.54) is 36.8 Å². The zero-order valence-corrected chi connectivity index (χ0v) is 12.4. The van der Waals surface area contributed by atoms with E-state index in [4.69, 9.17) is 0 Å². The molecule has 1 saturated carbocycles. The van der Waals surface area contributed by atoms with Crippen LogP contribution in [0.5, 0.6) is 11.5 Å². The third-order valence-corrected chi connectivity index (χ3v) is 5.11. The van der Waals surface area contributed by atoms with Crippen LogP contribution in [0.4, 0.5) is 0 Å². The molecular weight excluding hydrogens is 260 g/mol. The molecule has 2 heteroatoms. The fourth-order valence-electron chi connectivity index (χ4n) is 3.76. The van der Waals surface area contributed by atoms with Crippen molar-refractivity contribution in [3.63, 3.8) is 0 Å². The average Bonchev–Trinajstić information content (AvgIpc) is 3.02. The molecule has 1 aliphatic rings. The molecule has 1 aliphatic carbocycles. The van der Waals surface area contributed by atoms with Gasteiger partial charge in [0.1, 0.15) is 11.5 Å². The summed E-state index contributed by atoms with van der Waals surface area (Å²) in [6.45, 7) is 2.29. The third-order valence-electron chi connectivity index (χ3n) is 5.11. The lowest BCUT2D eigenvalue weighted by molar-refractivity contribution is 0.352. The Kier molecular flexibility index (Phi) is 3.62. The second-order valence-electron chi connectivity index (χ2n) is 6.28. The van der Waals surface area contributed by atoms with Crippen molar-refractivity contribution in [3.05, 3.63) is 59.7 Å². The summed E-state index contributed by atoms with van der Waals surface area (Å²) in [6, 6.07) is 15.2. The van der Waals surface area contributed by atoms with Crippen LogP contribution in [0, 0.1) is 5.92 Å². The van der Waals surface area contributed by atoms with Gasteiger partial charge in [-0.15, -0.1) is 0 Å². The minimum atomic E-state index is -0.0715. The number of benzene rings is 2. The quantitative estimate of drug-likeness (QED) is 0.864. The molecule has 21 heavy (non-hydrogen) atoms. The minimum Gasteiger partial charge on any atom is -0.508 e. The topological polar surface area (TPSA) is 40.5 Å². The molecule has 2 aromatic carbocycles. The summed E-state index contributed by atoms with van der Waals surface area (Å²) >= 11 is 0. The van der Waals surface area contributed by atoms with Crippen LogP contribution >= 0.6 is 0 Å². The molecular formula is C19H22O2. The lowest BCUT2D eigenvalue weighted by atomic mass is 9.66. The van der Waals surface area contributed by atoms with Gasteiger partial charge in [0.15, 0.2) is 0 Å². The van der Waals surface area contributed by atoms with Gasteiger partial charge < -0.3 is 10.2 Å². The molecule has 110 valence electrons.